The highest BCUT2D eigenvalue weighted by Crippen LogP contribution is 2.46. The van der Waals surface area contributed by atoms with E-state index in [4.69, 9.17) is 0 Å². The third kappa shape index (κ3) is 2.05. The Balaban J connectivity index is 2.03. The van der Waals surface area contributed by atoms with Crippen molar-refractivity contribution < 1.29 is 27.1 Å². The number of nitrogens with one attached hydrogen (secondary N) is 1. The minimum absolute atomic E-state index is 0.0529. The number of cyclic esters (lactones) is 1. The first-order valence-corrected chi connectivity index (χ1v) is 6.44. The van der Waals surface area contributed by atoms with E-state index >= 15 is 0 Å². The molecular formula is C13H12F4N2O2. The van der Waals surface area contributed by atoms with E-state index in [0.717, 1.165) is 11.0 Å². The smallest absolute Gasteiger partial charge is 0.414 e. The van der Waals surface area contributed by atoms with E-state index in [2.05, 4.69) is 4.74 Å². The van der Waals surface area contributed by atoms with Gasteiger partial charge in [0, 0.05) is 6.54 Å². The van der Waals surface area contributed by atoms with E-state index in [0.29, 0.717) is 12.8 Å². The van der Waals surface area contributed by atoms with Crippen molar-refractivity contribution in [2.24, 2.45) is 0 Å². The van der Waals surface area contributed by atoms with Crippen LogP contribution in [0, 0.1) is 5.82 Å². The number of hydrogen-bond acceptors (Lipinski definition) is 4. The molecule has 0 aromatic heterocycles. The minimum Gasteiger partial charge on any atom is -0.414 e. The van der Waals surface area contributed by atoms with Gasteiger partial charge < -0.3 is 10.1 Å². The molecule has 0 amide bonds. The van der Waals surface area contributed by atoms with Crippen LogP contribution in [0.4, 0.5) is 23.2 Å². The molecule has 0 radical (unpaired) electrons. The van der Waals surface area contributed by atoms with Gasteiger partial charge >= 0.3 is 18.0 Å². The van der Waals surface area contributed by atoms with Crippen LogP contribution in [0.15, 0.2) is 24.3 Å². The predicted molar refractivity (Wildman–Crippen MR) is 64.6 cm³/mol. The number of fused-ring (bicyclic) bond motifs is 1. The van der Waals surface area contributed by atoms with Crippen molar-refractivity contribution in [2.45, 2.75) is 30.9 Å². The number of alkyl halides is 3. The fraction of sp³-hybridized carbons (Fsp3) is 0.462. The number of esters is 1. The highest BCUT2D eigenvalue weighted by Gasteiger charge is 2.70. The summed E-state index contributed by atoms with van der Waals surface area (Å²) in [6, 6.07) is 4.02. The zero-order chi connectivity index (χ0) is 15.3. The van der Waals surface area contributed by atoms with Gasteiger partial charge in [-0.3, -0.25) is 4.79 Å². The molecule has 8 heteroatoms. The Hall–Kier alpha value is -1.83. The molecular weight excluding hydrogens is 292 g/mol. The Bertz CT molecular complexity index is 578. The lowest BCUT2D eigenvalue weighted by Gasteiger charge is -2.37. The largest absolute Gasteiger partial charge is 0.465 e. The number of ether oxygens (including phenoxy) is 1. The highest BCUT2D eigenvalue weighted by molar-refractivity contribution is 5.79. The molecule has 0 spiro atoms. The maximum Gasteiger partial charge on any atom is 0.465 e. The zero-order valence-corrected chi connectivity index (χ0v) is 10.8. The van der Waals surface area contributed by atoms with Crippen molar-refractivity contribution >= 4 is 11.7 Å². The topological polar surface area (TPSA) is 41.6 Å². The molecule has 114 valence electrons. The number of anilines is 1. The number of nitrogens with zero attached hydrogens (tertiary/aromatic N) is 1. The van der Waals surface area contributed by atoms with Crippen LogP contribution in [0.2, 0.25) is 0 Å². The van der Waals surface area contributed by atoms with Crippen molar-refractivity contribution in [1.29, 1.82) is 0 Å². The van der Waals surface area contributed by atoms with Gasteiger partial charge in [0.2, 0.25) is 0 Å². The van der Waals surface area contributed by atoms with Gasteiger partial charge in [-0.25, -0.2) is 9.29 Å². The van der Waals surface area contributed by atoms with E-state index in [1.165, 1.54) is 18.2 Å². The maximum atomic E-state index is 13.7. The molecule has 1 aromatic rings. The molecule has 0 bridgehead atoms. The first kappa shape index (κ1) is 14.1. The number of carbonyl (C=O) groups excluding carboxylic acids is 1. The number of para-hydroxylation sites is 1. The van der Waals surface area contributed by atoms with Crippen LogP contribution in [0.3, 0.4) is 0 Å². The van der Waals surface area contributed by atoms with Gasteiger partial charge in [-0.1, -0.05) is 12.1 Å². The maximum absolute atomic E-state index is 13.7. The summed E-state index contributed by atoms with van der Waals surface area (Å²) in [5.74, 6) is -4.79. The average molecular weight is 304 g/mol. The minimum atomic E-state index is -4.90. The summed E-state index contributed by atoms with van der Waals surface area (Å²) in [4.78, 5) is 12.6. The lowest BCUT2D eigenvalue weighted by atomic mass is 10.2. The van der Waals surface area contributed by atoms with Crippen LogP contribution < -0.4 is 5.32 Å². The fourth-order valence-electron chi connectivity index (χ4n) is 2.79. The molecule has 1 N–H and O–H groups in total. The zero-order valence-electron chi connectivity index (χ0n) is 10.8. The summed E-state index contributed by atoms with van der Waals surface area (Å²) in [7, 11) is 0. The van der Waals surface area contributed by atoms with E-state index in [1.54, 1.807) is 0 Å². The van der Waals surface area contributed by atoms with Crippen molar-refractivity contribution in [3.63, 3.8) is 0 Å². The quantitative estimate of drug-likeness (QED) is 0.673. The average Bonchev–Trinajstić information content (AvgIpc) is 2.96. The van der Waals surface area contributed by atoms with Crippen molar-refractivity contribution in [3.05, 3.63) is 30.1 Å². The third-order valence-corrected chi connectivity index (χ3v) is 3.74. The standard InChI is InChI=1S/C13H12F4N2O2/c14-8-4-1-2-5-9(8)18-13(12(15,16)17)19-7-3-6-10(19)11(20)21-13/h1-2,4-5,10,18H,3,6-7H2/t10-,13+/m1/s1. The summed E-state index contributed by atoms with van der Waals surface area (Å²) in [5.41, 5.74) is -0.366. The first-order valence-electron chi connectivity index (χ1n) is 6.44. The molecule has 2 aliphatic rings. The molecule has 2 saturated heterocycles. The third-order valence-electron chi connectivity index (χ3n) is 3.74. The molecule has 0 unspecified atom stereocenters. The Kier molecular flexibility index (Phi) is 3.09. The van der Waals surface area contributed by atoms with Gasteiger partial charge in [0.15, 0.2) is 0 Å². The number of rotatable bonds is 2. The van der Waals surface area contributed by atoms with Gasteiger partial charge in [-0.15, -0.1) is 0 Å². The second-order valence-corrected chi connectivity index (χ2v) is 5.02. The Labute approximate surface area is 117 Å². The summed E-state index contributed by atoms with van der Waals surface area (Å²) >= 11 is 0. The van der Waals surface area contributed by atoms with Crippen molar-refractivity contribution in [1.82, 2.24) is 4.90 Å². The molecule has 1 aromatic carbocycles. The van der Waals surface area contributed by atoms with Crippen LogP contribution in [0.25, 0.3) is 0 Å². The van der Waals surface area contributed by atoms with Crippen LogP contribution in [0.1, 0.15) is 12.8 Å². The van der Waals surface area contributed by atoms with Gasteiger partial charge in [0.05, 0.1) is 5.69 Å². The number of benzene rings is 1. The van der Waals surface area contributed by atoms with Crippen molar-refractivity contribution in [2.75, 3.05) is 11.9 Å². The normalized spacial score (nSPS) is 29.3. The Morgan fingerprint density at radius 1 is 1.33 bits per heavy atom. The van der Waals surface area contributed by atoms with Crippen LogP contribution in [0.5, 0.6) is 0 Å². The molecule has 0 aliphatic carbocycles. The van der Waals surface area contributed by atoms with Crippen molar-refractivity contribution in [3.8, 4) is 0 Å². The van der Waals surface area contributed by atoms with Gasteiger partial charge in [-0.2, -0.15) is 13.2 Å². The van der Waals surface area contributed by atoms with Gasteiger partial charge in [0.25, 0.3) is 0 Å². The molecule has 2 fully saturated rings. The highest BCUT2D eigenvalue weighted by atomic mass is 19.4. The van der Waals surface area contributed by atoms with E-state index < -0.39 is 29.9 Å². The number of hydrogen-bond donors (Lipinski definition) is 1. The molecule has 3 rings (SSSR count). The van der Waals surface area contributed by atoms with Crippen LogP contribution >= 0.6 is 0 Å². The summed E-state index contributed by atoms with van der Waals surface area (Å²) in [6.45, 7) is 0.0529. The predicted octanol–water partition coefficient (Wildman–Crippen LogP) is 2.47. The summed E-state index contributed by atoms with van der Waals surface area (Å²) < 4.78 is 58.9. The molecule has 2 aliphatic heterocycles. The molecule has 21 heavy (non-hydrogen) atoms. The Morgan fingerprint density at radius 3 is 2.71 bits per heavy atom. The SMILES string of the molecule is O=C1O[C@](Nc2ccccc2F)(C(F)(F)F)N2CCC[C@H]12. The Morgan fingerprint density at radius 2 is 2.05 bits per heavy atom. The van der Waals surface area contributed by atoms with E-state index in [9.17, 15) is 22.4 Å². The number of carbonyl (C=O) groups is 1. The lowest BCUT2D eigenvalue weighted by Crippen LogP contribution is -2.62. The molecule has 2 atom stereocenters. The molecule has 4 nitrogen and oxygen atoms in total. The fourth-order valence-corrected chi connectivity index (χ4v) is 2.79. The number of halogens is 4. The monoisotopic (exact) mass is 304 g/mol. The lowest BCUT2D eigenvalue weighted by molar-refractivity contribution is -0.286. The first-order chi connectivity index (χ1) is 9.85. The van der Waals surface area contributed by atoms with Gasteiger partial charge in [-0.05, 0) is 25.0 Å². The van der Waals surface area contributed by atoms with Gasteiger partial charge in [0.1, 0.15) is 11.9 Å². The summed E-state index contributed by atoms with van der Waals surface area (Å²) in [5, 5.41) is 2.05. The van der Waals surface area contributed by atoms with Crippen LogP contribution in [-0.4, -0.2) is 35.5 Å². The second-order valence-electron chi connectivity index (χ2n) is 5.02. The summed E-state index contributed by atoms with van der Waals surface area (Å²) in [6.07, 6.45) is -4.14. The molecule has 0 saturated carbocycles. The van der Waals surface area contributed by atoms with E-state index in [-0.39, 0.29) is 12.2 Å². The molecule has 2 heterocycles. The van der Waals surface area contributed by atoms with E-state index in [1.807, 2.05) is 5.32 Å². The second kappa shape index (κ2) is 4.59. The van der Waals surface area contributed by atoms with Crippen LogP contribution in [-0.2, 0) is 9.53 Å².